The highest BCUT2D eigenvalue weighted by molar-refractivity contribution is 5.87. The number of fused-ring (bicyclic) bond motifs is 1. The van der Waals surface area contributed by atoms with Gasteiger partial charge in [-0.25, -0.2) is 9.78 Å². The van der Waals surface area contributed by atoms with Gasteiger partial charge in [0.25, 0.3) is 5.56 Å². The molecule has 0 unspecified atom stereocenters. The van der Waals surface area contributed by atoms with Crippen LogP contribution in [0.4, 0.5) is 0 Å². The molecule has 3 aromatic rings. The highest BCUT2D eigenvalue weighted by Crippen LogP contribution is 2.18. The molecule has 6 heteroatoms. The van der Waals surface area contributed by atoms with E-state index in [1.54, 1.807) is 30.9 Å². The molecule has 0 radical (unpaired) electrons. The van der Waals surface area contributed by atoms with Gasteiger partial charge in [0.1, 0.15) is 5.56 Å². The van der Waals surface area contributed by atoms with E-state index in [2.05, 4.69) is 4.98 Å². The lowest BCUT2D eigenvalue weighted by atomic mass is 10.1. The molecular formula is C14H11N3O3. The van der Waals surface area contributed by atoms with Gasteiger partial charge in [-0.3, -0.25) is 9.20 Å². The van der Waals surface area contributed by atoms with Crippen LogP contribution >= 0.6 is 0 Å². The van der Waals surface area contributed by atoms with E-state index >= 15 is 0 Å². The van der Waals surface area contributed by atoms with Crippen molar-refractivity contribution >= 4 is 11.5 Å². The lowest BCUT2D eigenvalue weighted by Crippen LogP contribution is -2.22. The summed E-state index contributed by atoms with van der Waals surface area (Å²) in [7, 11) is 0. The highest BCUT2D eigenvalue weighted by atomic mass is 16.4. The number of aromatic carboxylic acids is 1. The lowest BCUT2D eigenvalue weighted by molar-refractivity contribution is 0.0695. The van der Waals surface area contributed by atoms with Gasteiger partial charge in [0, 0.05) is 18.6 Å². The fourth-order valence-corrected chi connectivity index (χ4v) is 2.25. The number of aryl methyl sites for hydroxylation is 1. The third kappa shape index (κ3) is 1.70. The monoisotopic (exact) mass is 269 g/mol. The topological polar surface area (TPSA) is 76.6 Å². The minimum absolute atomic E-state index is 0.239. The molecule has 0 spiro atoms. The number of aromatic nitrogens is 3. The highest BCUT2D eigenvalue weighted by Gasteiger charge is 2.13. The number of rotatable bonds is 2. The number of nitrogens with zero attached hydrogens (tertiary/aromatic N) is 3. The third-order valence-corrected chi connectivity index (χ3v) is 3.28. The van der Waals surface area contributed by atoms with Gasteiger partial charge in [0.2, 0.25) is 0 Å². The molecule has 0 aromatic carbocycles. The summed E-state index contributed by atoms with van der Waals surface area (Å²) in [6.45, 7) is 1.88. The molecule has 0 saturated carbocycles. The van der Waals surface area contributed by atoms with Crippen LogP contribution < -0.4 is 5.56 Å². The molecule has 100 valence electrons. The van der Waals surface area contributed by atoms with E-state index in [9.17, 15) is 9.59 Å². The van der Waals surface area contributed by atoms with Gasteiger partial charge in [-0.05, 0) is 30.7 Å². The molecule has 0 saturated heterocycles. The molecule has 0 aliphatic rings. The minimum atomic E-state index is -1.22. The number of carboxylic acid groups (broad SMARTS) is 1. The zero-order valence-corrected chi connectivity index (χ0v) is 10.6. The van der Waals surface area contributed by atoms with Crippen molar-refractivity contribution in [2.75, 3.05) is 0 Å². The number of carboxylic acids is 1. The molecule has 0 aliphatic carbocycles. The van der Waals surface area contributed by atoms with Crippen molar-refractivity contribution in [1.82, 2.24) is 14.0 Å². The molecule has 0 atom stereocenters. The van der Waals surface area contributed by atoms with Gasteiger partial charge in [-0.2, -0.15) is 0 Å². The summed E-state index contributed by atoms with van der Waals surface area (Å²) >= 11 is 0. The summed E-state index contributed by atoms with van der Waals surface area (Å²) in [4.78, 5) is 27.1. The van der Waals surface area contributed by atoms with Crippen LogP contribution in [0.2, 0.25) is 0 Å². The summed E-state index contributed by atoms with van der Waals surface area (Å²) in [6.07, 6.45) is 6.72. The fourth-order valence-electron chi connectivity index (χ4n) is 2.25. The van der Waals surface area contributed by atoms with Crippen molar-refractivity contribution in [3.63, 3.8) is 0 Å². The van der Waals surface area contributed by atoms with E-state index in [0.29, 0.717) is 5.52 Å². The lowest BCUT2D eigenvalue weighted by Gasteiger charge is -2.11. The number of hydrogen-bond acceptors (Lipinski definition) is 3. The first kappa shape index (κ1) is 12.2. The molecule has 0 amide bonds. The van der Waals surface area contributed by atoms with Crippen LogP contribution in [0.15, 0.2) is 47.9 Å². The van der Waals surface area contributed by atoms with Crippen molar-refractivity contribution in [2.24, 2.45) is 0 Å². The van der Waals surface area contributed by atoms with E-state index < -0.39 is 11.5 Å². The maximum Gasteiger partial charge on any atom is 0.341 e. The molecule has 3 heterocycles. The van der Waals surface area contributed by atoms with Crippen molar-refractivity contribution in [3.05, 3.63) is 64.6 Å². The zero-order chi connectivity index (χ0) is 14.3. The van der Waals surface area contributed by atoms with Crippen molar-refractivity contribution in [1.29, 1.82) is 0 Å². The van der Waals surface area contributed by atoms with Gasteiger partial charge < -0.3 is 9.67 Å². The Morgan fingerprint density at radius 3 is 2.70 bits per heavy atom. The summed E-state index contributed by atoms with van der Waals surface area (Å²) in [5.74, 6) is -1.22. The molecule has 20 heavy (non-hydrogen) atoms. The van der Waals surface area contributed by atoms with Gasteiger partial charge in [-0.15, -0.1) is 0 Å². The first-order valence-corrected chi connectivity index (χ1v) is 5.96. The predicted octanol–water partition coefficient (Wildman–Crippen LogP) is 1.49. The number of pyridine rings is 2. The second-order valence-electron chi connectivity index (χ2n) is 4.41. The average Bonchev–Trinajstić information content (AvgIpc) is 2.93. The summed E-state index contributed by atoms with van der Waals surface area (Å²) in [5.41, 5.74) is 1.67. The molecule has 3 aromatic heterocycles. The van der Waals surface area contributed by atoms with Crippen LogP contribution in [-0.2, 0) is 0 Å². The normalized spacial score (nSPS) is 10.8. The fraction of sp³-hybridized carbons (Fsp3) is 0.0714. The quantitative estimate of drug-likeness (QED) is 0.764. The predicted molar refractivity (Wildman–Crippen MR) is 72.5 cm³/mol. The molecule has 0 bridgehead atoms. The van der Waals surface area contributed by atoms with Crippen LogP contribution in [0, 0.1) is 6.92 Å². The molecule has 0 aliphatic heterocycles. The maximum atomic E-state index is 12.1. The molecule has 0 fully saturated rings. The van der Waals surface area contributed by atoms with Crippen LogP contribution in [0.1, 0.15) is 15.9 Å². The van der Waals surface area contributed by atoms with E-state index in [1.807, 2.05) is 17.7 Å². The summed E-state index contributed by atoms with van der Waals surface area (Å²) in [6, 6.07) is 4.74. The average molecular weight is 269 g/mol. The Hall–Kier alpha value is -2.89. The second-order valence-corrected chi connectivity index (χ2v) is 4.41. The van der Waals surface area contributed by atoms with Crippen LogP contribution in [-0.4, -0.2) is 25.0 Å². The van der Waals surface area contributed by atoms with Gasteiger partial charge in [0.05, 0.1) is 17.5 Å². The number of carbonyl (C=O) groups is 1. The first-order valence-electron chi connectivity index (χ1n) is 5.96. The summed E-state index contributed by atoms with van der Waals surface area (Å²) < 4.78 is 3.18. The molecule has 3 rings (SSSR count). The third-order valence-electron chi connectivity index (χ3n) is 3.28. The first-order chi connectivity index (χ1) is 9.59. The zero-order valence-electron chi connectivity index (χ0n) is 10.6. The molecule has 6 nitrogen and oxygen atoms in total. The van der Waals surface area contributed by atoms with E-state index in [-0.39, 0.29) is 5.56 Å². The van der Waals surface area contributed by atoms with Crippen molar-refractivity contribution < 1.29 is 9.90 Å². The Morgan fingerprint density at radius 2 is 2.05 bits per heavy atom. The Morgan fingerprint density at radius 1 is 1.25 bits per heavy atom. The minimum Gasteiger partial charge on any atom is -0.477 e. The SMILES string of the molecule is Cc1c(-n2ccnc2)ccn2c(=O)c(C(=O)O)ccc12. The van der Waals surface area contributed by atoms with Crippen LogP contribution in [0.25, 0.3) is 11.2 Å². The summed E-state index contributed by atoms with van der Waals surface area (Å²) in [5, 5.41) is 8.97. The smallest absolute Gasteiger partial charge is 0.341 e. The Kier molecular flexibility index (Phi) is 2.64. The Balaban J connectivity index is 2.33. The van der Waals surface area contributed by atoms with Crippen molar-refractivity contribution in [2.45, 2.75) is 6.92 Å². The van der Waals surface area contributed by atoms with E-state index in [0.717, 1.165) is 11.3 Å². The second kappa shape index (κ2) is 4.34. The molecular weight excluding hydrogens is 258 g/mol. The largest absolute Gasteiger partial charge is 0.477 e. The number of hydrogen-bond donors (Lipinski definition) is 1. The van der Waals surface area contributed by atoms with Crippen LogP contribution in [0.3, 0.4) is 0 Å². The maximum absolute atomic E-state index is 12.1. The number of imidazole rings is 1. The Bertz CT molecular complexity index is 863. The van der Waals surface area contributed by atoms with E-state index in [4.69, 9.17) is 5.11 Å². The molecule has 1 N–H and O–H groups in total. The van der Waals surface area contributed by atoms with Gasteiger partial charge in [-0.1, -0.05) is 0 Å². The van der Waals surface area contributed by atoms with Crippen LogP contribution in [0.5, 0.6) is 0 Å². The van der Waals surface area contributed by atoms with Gasteiger partial charge >= 0.3 is 5.97 Å². The van der Waals surface area contributed by atoms with E-state index in [1.165, 1.54) is 10.5 Å². The van der Waals surface area contributed by atoms with Crippen molar-refractivity contribution in [3.8, 4) is 5.69 Å². The Labute approximate surface area is 113 Å². The standard InChI is InChI=1S/C14H11N3O3/c1-9-11(16-7-5-15-8-16)4-6-17-12(9)3-2-10(13(17)18)14(19)20/h2-8H,1H3,(H,19,20). The van der Waals surface area contributed by atoms with Gasteiger partial charge in [0.15, 0.2) is 0 Å².